The minimum Gasteiger partial charge on any atom is -0.377 e. The van der Waals surface area contributed by atoms with Crippen LogP contribution in [0.5, 0.6) is 0 Å². The van der Waals surface area contributed by atoms with Crippen molar-refractivity contribution in [3.63, 3.8) is 0 Å². The molecule has 0 aromatic heterocycles. The van der Waals surface area contributed by atoms with Crippen molar-refractivity contribution in [1.29, 1.82) is 0 Å². The molecule has 1 saturated heterocycles. The van der Waals surface area contributed by atoms with E-state index in [1.165, 1.54) is 0 Å². The van der Waals surface area contributed by atoms with Crippen molar-refractivity contribution >= 4 is 29.1 Å². The minimum absolute atomic E-state index is 0.0721. The number of hydrogen-bond acceptors (Lipinski definition) is 3. The molecule has 0 saturated carbocycles. The zero-order chi connectivity index (χ0) is 18.7. The second kappa shape index (κ2) is 7.48. The fraction of sp³-hybridized carbons (Fsp3) is 0.300. The van der Waals surface area contributed by atoms with E-state index >= 15 is 0 Å². The molecule has 26 heavy (non-hydrogen) atoms. The van der Waals surface area contributed by atoms with Crippen molar-refractivity contribution in [2.45, 2.75) is 19.4 Å². The van der Waals surface area contributed by atoms with Crippen LogP contribution in [0.4, 0.5) is 5.69 Å². The van der Waals surface area contributed by atoms with E-state index in [4.69, 9.17) is 16.3 Å². The van der Waals surface area contributed by atoms with Crippen molar-refractivity contribution in [3.05, 3.63) is 64.7 Å². The molecule has 1 N–H and O–H groups in total. The maximum absolute atomic E-state index is 12.9. The van der Waals surface area contributed by atoms with Crippen molar-refractivity contribution in [2.75, 3.05) is 25.1 Å². The van der Waals surface area contributed by atoms with Gasteiger partial charge in [-0.25, -0.2) is 0 Å². The summed E-state index contributed by atoms with van der Waals surface area (Å²) in [7, 11) is 0. The molecular formula is C20H21ClN2O3. The zero-order valence-corrected chi connectivity index (χ0v) is 15.5. The number of morpholine rings is 1. The first-order valence-electron chi connectivity index (χ1n) is 8.43. The van der Waals surface area contributed by atoms with E-state index in [0.717, 1.165) is 0 Å². The smallest absolute Gasteiger partial charge is 0.255 e. The average molecular weight is 373 g/mol. The third-order valence-electron chi connectivity index (χ3n) is 4.34. The van der Waals surface area contributed by atoms with Crippen LogP contribution < -0.4 is 5.32 Å². The van der Waals surface area contributed by atoms with Crippen molar-refractivity contribution < 1.29 is 14.3 Å². The topological polar surface area (TPSA) is 58.6 Å². The highest BCUT2D eigenvalue weighted by atomic mass is 35.5. The average Bonchev–Trinajstić information content (AvgIpc) is 2.61. The molecule has 1 fully saturated rings. The summed E-state index contributed by atoms with van der Waals surface area (Å²) in [6, 6.07) is 13.7. The van der Waals surface area contributed by atoms with Gasteiger partial charge >= 0.3 is 0 Å². The summed E-state index contributed by atoms with van der Waals surface area (Å²) < 4.78 is 5.47. The summed E-state index contributed by atoms with van der Waals surface area (Å²) in [5.41, 5.74) is 1.19. The highest BCUT2D eigenvalue weighted by molar-refractivity contribution is 6.31. The molecular weight excluding hydrogens is 352 g/mol. The summed E-state index contributed by atoms with van der Waals surface area (Å²) in [4.78, 5) is 27.1. The highest BCUT2D eigenvalue weighted by Gasteiger charge is 2.34. The van der Waals surface area contributed by atoms with Crippen LogP contribution in [0.25, 0.3) is 0 Å². The number of benzene rings is 2. The highest BCUT2D eigenvalue weighted by Crippen LogP contribution is 2.23. The minimum atomic E-state index is -0.366. The van der Waals surface area contributed by atoms with Gasteiger partial charge in [0.15, 0.2) is 0 Å². The number of anilines is 1. The van der Waals surface area contributed by atoms with E-state index in [-0.39, 0.29) is 17.4 Å². The molecule has 1 aliphatic heterocycles. The van der Waals surface area contributed by atoms with E-state index in [1.807, 2.05) is 18.7 Å². The molecule has 3 rings (SSSR count). The predicted octanol–water partition coefficient (Wildman–Crippen LogP) is 3.84. The summed E-state index contributed by atoms with van der Waals surface area (Å²) in [6.45, 7) is 5.54. The summed E-state index contributed by atoms with van der Waals surface area (Å²) >= 11 is 5.93. The molecule has 136 valence electrons. The van der Waals surface area contributed by atoms with Gasteiger partial charge in [-0.3, -0.25) is 9.59 Å². The molecule has 5 nitrogen and oxygen atoms in total. The fourth-order valence-electron chi connectivity index (χ4n) is 2.95. The first-order chi connectivity index (χ1) is 12.4. The molecule has 0 spiro atoms. The molecule has 1 heterocycles. The number of amides is 2. The van der Waals surface area contributed by atoms with Crippen LogP contribution in [0.15, 0.2) is 48.5 Å². The lowest BCUT2D eigenvalue weighted by Gasteiger charge is -2.42. The normalized spacial score (nSPS) is 16.2. The van der Waals surface area contributed by atoms with Gasteiger partial charge in [0, 0.05) is 28.4 Å². The van der Waals surface area contributed by atoms with E-state index < -0.39 is 0 Å². The largest absolute Gasteiger partial charge is 0.377 e. The standard InChI is InChI=1S/C20H21ClN2O3/c1-20(2)13-26-10-9-23(20)19(25)15-6-4-8-17(12-15)22-18(24)14-5-3-7-16(21)11-14/h3-8,11-12H,9-10,13H2,1-2H3,(H,22,24). The summed E-state index contributed by atoms with van der Waals surface area (Å²) in [5, 5.41) is 3.31. The lowest BCUT2D eigenvalue weighted by atomic mass is 10.0. The lowest BCUT2D eigenvalue weighted by molar-refractivity contribution is -0.0370. The van der Waals surface area contributed by atoms with Gasteiger partial charge in [0.25, 0.3) is 11.8 Å². The van der Waals surface area contributed by atoms with Gasteiger partial charge in [0.2, 0.25) is 0 Å². The number of carbonyl (C=O) groups excluding carboxylic acids is 2. The van der Waals surface area contributed by atoms with E-state index in [1.54, 1.807) is 48.5 Å². The SMILES string of the molecule is CC1(C)COCCN1C(=O)c1cccc(NC(=O)c2cccc(Cl)c2)c1. The first-order valence-corrected chi connectivity index (χ1v) is 8.81. The molecule has 0 bridgehead atoms. The van der Waals surface area contributed by atoms with Gasteiger partial charge in [0.1, 0.15) is 0 Å². The van der Waals surface area contributed by atoms with Gasteiger partial charge in [-0.2, -0.15) is 0 Å². The summed E-state index contributed by atoms with van der Waals surface area (Å²) in [6.07, 6.45) is 0. The van der Waals surface area contributed by atoms with Gasteiger partial charge in [-0.05, 0) is 50.2 Å². The Bertz CT molecular complexity index is 835. The Morgan fingerprint density at radius 3 is 2.58 bits per heavy atom. The third kappa shape index (κ3) is 4.06. The van der Waals surface area contributed by atoms with Crippen molar-refractivity contribution in [2.24, 2.45) is 0 Å². The van der Waals surface area contributed by atoms with Crippen LogP contribution in [0.3, 0.4) is 0 Å². The molecule has 0 radical (unpaired) electrons. The third-order valence-corrected chi connectivity index (χ3v) is 4.58. The molecule has 6 heteroatoms. The van der Waals surface area contributed by atoms with Crippen LogP contribution in [0, 0.1) is 0 Å². The van der Waals surface area contributed by atoms with Gasteiger partial charge in [-0.15, -0.1) is 0 Å². The van der Waals surface area contributed by atoms with E-state index in [0.29, 0.717) is 41.6 Å². The maximum atomic E-state index is 12.9. The number of nitrogens with one attached hydrogen (secondary N) is 1. The molecule has 1 aliphatic rings. The maximum Gasteiger partial charge on any atom is 0.255 e. The molecule has 2 amide bonds. The Labute approximate surface area is 157 Å². The van der Waals surface area contributed by atoms with Crippen LogP contribution in [-0.2, 0) is 4.74 Å². The molecule has 0 unspecified atom stereocenters. The first kappa shape index (κ1) is 18.4. The number of nitrogens with zero attached hydrogens (tertiary/aromatic N) is 1. The molecule has 0 atom stereocenters. The monoisotopic (exact) mass is 372 g/mol. The Morgan fingerprint density at radius 2 is 1.85 bits per heavy atom. The predicted molar refractivity (Wildman–Crippen MR) is 102 cm³/mol. The van der Waals surface area contributed by atoms with Crippen molar-refractivity contribution in [1.82, 2.24) is 4.90 Å². The van der Waals surface area contributed by atoms with E-state index in [9.17, 15) is 9.59 Å². The molecule has 2 aromatic carbocycles. The van der Waals surface area contributed by atoms with Crippen LogP contribution in [0.1, 0.15) is 34.6 Å². The number of rotatable bonds is 3. The Hall–Kier alpha value is -2.37. The van der Waals surface area contributed by atoms with E-state index in [2.05, 4.69) is 5.32 Å². The molecule has 2 aromatic rings. The van der Waals surface area contributed by atoms with Crippen LogP contribution >= 0.6 is 11.6 Å². The van der Waals surface area contributed by atoms with Crippen LogP contribution in [0.2, 0.25) is 5.02 Å². The molecule has 0 aliphatic carbocycles. The lowest BCUT2D eigenvalue weighted by Crippen LogP contribution is -2.55. The van der Waals surface area contributed by atoms with Gasteiger partial charge < -0.3 is 15.0 Å². The van der Waals surface area contributed by atoms with Crippen molar-refractivity contribution in [3.8, 4) is 0 Å². The number of ether oxygens (including phenoxy) is 1. The van der Waals surface area contributed by atoms with Gasteiger partial charge in [-0.1, -0.05) is 23.7 Å². The Balaban J connectivity index is 1.78. The summed E-state index contributed by atoms with van der Waals surface area (Å²) in [5.74, 6) is -0.346. The number of carbonyl (C=O) groups is 2. The van der Waals surface area contributed by atoms with Crippen LogP contribution in [-0.4, -0.2) is 42.0 Å². The quantitative estimate of drug-likeness (QED) is 0.890. The fourth-order valence-corrected chi connectivity index (χ4v) is 3.14. The second-order valence-electron chi connectivity index (χ2n) is 6.87. The Kier molecular flexibility index (Phi) is 5.30. The zero-order valence-electron chi connectivity index (χ0n) is 14.8. The Morgan fingerprint density at radius 1 is 1.12 bits per heavy atom. The second-order valence-corrected chi connectivity index (χ2v) is 7.30. The number of halogens is 1. The van der Waals surface area contributed by atoms with Gasteiger partial charge in [0.05, 0.1) is 18.8 Å². The number of hydrogen-bond donors (Lipinski definition) is 1.